The molecular formula is C26H24FN5O3. The van der Waals surface area contributed by atoms with Gasteiger partial charge in [-0.3, -0.25) is 4.79 Å². The molecule has 1 saturated carbocycles. The van der Waals surface area contributed by atoms with Crippen LogP contribution in [0.5, 0.6) is 0 Å². The van der Waals surface area contributed by atoms with Crippen molar-refractivity contribution in [1.82, 2.24) is 20.0 Å². The molecule has 1 aliphatic carbocycles. The van der Waals surface area contributed by atoms with Gasteiger partial charge in [-0.25, -0.2) is 9.37 Å². The average Bonchev–Trinajstić information content (AvgIpc) is 3.35. The first-order chi connectivity index (χ1) is 17.2. The van der Waals surface area contributed by atoms with Crippen LogP contribution in [0.1, 0.15) is 36.0 Å². The lowest BCUT2D eigenvalue weighted by Crippen LogP contribution is -2.48. The van der Waals surface area contributed by atoms with Gasteiger partial charge in [-0.05, 0) is 62.1 Å². The molecule has 2 aromatic carbocycles. The fourth-order valence-corrected chi connectivity index (χ4v) is 4.66. The zero-order chi connectivity index (χ0) is 23.8. The van der Waals surface area contributed by atoms with Gasteiger partial charge < -0.3 is 18.7 Å². The first-order valence-corrected chi connectivity index (χ1v) is 11.8. The summed E-state index contributed by atoms with van der Waals surface area (Å²) in [5, 5.41) is 4.05. The highest BCUT2D eigenvalue weighted by atomic mass is 19.1. The van der Waals surface area contributed by atoms with Gasteiger partial charge in [0.25, 0.3) is 5.91 Å². The smallest absolute Gasteiger partial charge is 0.324 e. The molecule has 0 radical (unpaired) electrons. The summed E-state index contributed by atoms with van der Waals surface area (Å²) >= 11 is 0. The maximum Gasteiger partial charge on any atom is 0.324 e. The van der Waals surface area contributed by atoms with Crippen LogP contribution < -0.4 is 4.90 Å². The monoisotopic (exact) mass is 473 g/mol. The van der Waals surface area contributed by atoms with E-state index in [0.717, 1.165) is 44.3 Å². The van der Waals surface area contributed by atoms with E-state index in [2.05, 4.69) is 24.9 Å². The average molecular weight is 474 g/mol. The molecule has 0 atom stereocenters. The fourth-order valence-electron chi connectivity index (χ4n) is 4.66. The number of aromatic nitrogens is 3. The molecule has 3 heterocycles. The van der Waals surface area contributed by atoms with Crippen molar-refractivity contribution in [1.29, 1.82) is 0 Å². The van der Waals surface area contributed by atoms with Crippen molar-refractivity contribution in [2.75, 3.05) is 18.0 Å². The van der Waals surface area contributed by atoms with Gasteiger partial charge in [0.05, 0.1) is 6.20 Å². The molecule has 2 fully saturated rings. The number of benzene rings is 2. The van der Waals surface area contributed by atoms with Crippen LogP contribution in [0.25, 0.3) is 22.7 Å². The summed E-state index contributed by atoms with van der Waals surface area (Å²) in [4.78, 5) is 26.1. The van der Waals surface area contributed by atoms with Crippen LogP contribution in [0.3, 0.4) is 0 Å². The van der Waals surface area contributed by atoms with Crippen molar-refractivity contribution < 1.29 is 18.1 Å². The predicted octanol–water partition coefficient (Wildman–Crippen LogP) is 4.80. The van der Waals surface area contributed by atoms with Crippen molar-refractivity contribution in [3.8, 4) is 22.7 Å². The zero-order valence-electron chi connectivity index (χ0n) is 19.0. The maximum atomic E-state index is 13.5. The zero-order valence-corrected chi connectivity index (χ0v) is 19.0. The molecule has 0 spiro atoms. The second kappa shape index (κ2) is 8.98. The Hall–Kier alpha value is -4.01. The standard InChI is InChI=1S/C26H24FN5O3/c27-20-7-5-18(6-8-20)24-29-26(35-30-24)31-13-11-22(12-14-31)32(21-9-10-21)25(33)19-3-1-17(2-4-19)23-15-28-16-34-23/h1-8,15-16,21-22H,9-14H2. The van der Waals surface area contributed by atoms with E-state index in [0.29, 0.717) is 34.8 Å². The van der Waals surface area contributed by atoms with Crippen LogP contribution in [-0.2, 0) is 0 Å². The van der Waals surface area contributed by atoms with Crippen LogP contribution in [0, 0.1) is 5.82 Å². The molecule has 1 saturated heterocycles. The van der Waals surface area contributed by atoms with Gasteiger partial charge in [-0.2, -0.15) is 4.98 Å². The van der Waals surface area contributed by atoms with Crippen LogP contribution in [0.2, 0.25) is 0 Å². The second-order valence-corrected chi connectivity index (χ2v) is 9.01. The summed E-state index contributed by atoms with van der Waals surface area (Å²) in [7, 11) is 0. The number of hydrogen-bond donors (Lipinski definition) is 0. The summed E-state index contributed by atoms with van der Waals surface area (Å²) in [6.07, 6.45) is 6.81. The number of nitrogens with zero attached hydrogens (tertiary/aromatic N) is 5. The summed E-state index contributed by atoms with van der Waals surface area (Å²) in [6.45, 7) is 1.44. The Bertz CT molecular complexity index is 1290. The van der Waals surface area contributed by atoms with Gasteiger partial charge >= 0.3 is 6.01 Å². The molecule has 4 aromatic rings. The molecule has 9 heteroatoms. The van der Waals surface area contributed by atoms with Crippen molar-refractivity contribution >= 4 is 11.9 Å². The largest absolute Gasteiger partial charge is 0.444 e. The van der Waals surface area contributed by atoms with E-state index < -0.39 is 0 Å². The molecule has 2 aromatic heterocycles. The van der Waals surface area contributed by atoms with E-state index in [1.807, 2.05) is 24.3 Å². The normalized spacial score (nSPS) is 16.4. The number of hydrogen-bond acceptors (Lipinski definition) is 7. The van der Waals surface area contributed by atoms with Crippen molar-refractivity contribution in [2.45, 2.75) is 37.8 Å². The van der Waals surface area contributed by atoms with Gasteiger partial charge in [-0.15, -0.1) is 0 Å². The summed E-state index contributed by atoms with van der Waals surface area (Å²) in [6, 6.07) is 14.5. The molecular weight excluding hydrogens is 449 g/mol. The SMILES string of the molecule is O=C(c1ccc(-c2cnco2)cc1)N(C1CC1)C1CCN(c2nc(-c3ccc(F)cc3)no2)CC1. The highest BCUT2D eigenvalue weighted by Crippen LogP contribution is 2.34. The minimum Gasteiger partial charge on any atom is -0.444 e. The molecule has 8 nitrogen and oxygen atoms in total. The highest BCUT2D eigenvalue weighted by molar-refractivity contribution is 5.95. The summed E-state index contributed by atoms with van der Waals surface area (Å²) < 4.78 is 24.0. The van der Waals surface area contributed by atoms with Gasteiger partial charge in [0.1, 0.15) is 5.82 Å². The van der Waals surface area contributed by atoms with Crippen molar-refractivity contribution in [3.63, 3.8) is 0 Å². The third kappa shape index (κ3) is 4.41. The van der Waals surface area contributed by atoms with Gasteiger partial charge in [0.15, 0.2) is 12.2 Å². The molecule has 2 aliphatic rings. The lowest BCUT2D eigenvalue weighted by atomic mass is 10.0. The van der Waals surface area contributed by atoms with Gasteiger partial charge in [-0.1, -0.05) is 17.3 Å². The first kappa shape index (κ1) is 21.5. The number of piperidine rings is 1. The van der Waals surface area contributed by atoms with E-state index in [-0.39, 0.29) is 17.8 Å². The Labute approximate surface area is 201 Å². The van der Waals surface area contributed by atoms with Crippen molar-refractivity contribution in [3.05, 3.63) is 72.5 Å². The van der Waals surface area contributed by atoms with Gasteiger partial charge in [0.2, 0.25) is 5.82 Å². The molecule has 35 heavy (non-hydrogen) atoms. The number of oxazole rings is 1. The molecule has 178 valence electrons. The number of amides is 1. The number of anilines is 1. The van der Waals surface area contributed by atoms with Crippen molar-refractivity contribution in [2.24, 2.45) is 0 Å². The Morgan fingerprint density at radius 2 is 1.63 bits per heavy atom. The third-order valence-electron chi connectivity index (χ3n) is 6.67. The number of halogens is 1. The predicted molar refractivity (Wildman–Crippen MR) is 126 cm³/mol. The minimum absolute atomic E-state index is 0.0754. The Morgan fingerprint density at radius 3 is 2.29 bits per heavy atom. The van der Waals surface area contributed by atoms with E-state index in [4.69, 9.17) is 8.94 Å². The topological polar surface area (TPSA) is 88.5 Å². The summed E-state index contributed by atoms with van der Waals surface area (Å²) in [5.74, 6) is 0.885. The van der Waals surface area contributed by atoms with Crippen LogP contribution in [0.15, 0.2) is 70.1 Å². The van der Waals surface area contributed by atoms with E-state index >= 15 is 0 Å². The molecule has 1 aliphatic heterocycles. The van der Waals surface area contributed by atoms with Gasteiger partial charge in [0, 0.05) is 41.9 Å². The van der Waals surface area contributed by atoms with Crippen LogP contribution >= 0.6 is 0 Å². The summed E-state index contributed by atoms with van der Waals surface area (Å²) in [5.41, 5.74) is 2.28. The van der Waals surface area contributed by atoms with Crippen LogP contribution in [-0.4, -0.2) is 51.1 Å². The van der Waals surface area contributed by atoms with E-state index in [1.165, 1.54) is 18.5 Å². The maximum absolute atomic E-state index is 13.5. The number of carbonyl (C=O) groups is 1. The third-order valence-corrected chi connectivity index (χ3v) is 6.67. The Morgan fingerprint density at radius 1 is 0.943 bits per heavy atom. The van der Waals surface area contributed by atoms with E-state index in [1.54, 1.807) is 18.3 Å². The lowest BCUT2D eigenvalue weighted by Gasteiger charge is -2.38. The first-order valence-electron chi connectivity index (χ1n) is 11.8. The lowest BCUT2D eigenvalue weighted by molar-refractivity contribution is 0.0629. The second-order valence-electron chi connectivity index (χ2n) is 9.01. The number of rotatable bonds is 6. The minimum atomic E-state index is -0.305. The Balaban J connectivity index is 1.12. The quantitative estimate of drug-likeness (QED) is 0.397. The van der Waals surface area contributed by atoms with Crippen LogP contribution in [0.4, 0.5) is 10.4 Å². The highest BCUT2D eigenvalue weighted by Gasteiger charge is 2.39. The number of carbonyl (C=O) groups excluding carboxylic acids is 1. The Kier molecular flexibility index (Phi) is 5.52. The molecule has 0 N–H and O–H groups in total. The molecule has 0 unspecified atom stereocenters. The van der Waals surface area contributed by atoms with E-state index in [9.17, 15) is 9.18 Å². The molecule has 6 rings (SSSR count). The molecule has 1 amide bonds. The molecule has 0 bridgehead atoms. The fraction of sp³-hybridized carbons (Fsp3) is 0.308.